The predicted molar refractivity (Wildman–Crippen MR) is 76.3 cm³/mol. The van der Waals surface area contributed by atoms with E-state index in [2.05, 4.69) is 44.8 Å². The van der Waals surface area contributed by atoms with Crippen LogP contribution in [0.15, 0.2) is 0 Å². The molecule has 1 rings (SSSR count). The summed E-state index contributed by atoms with van der Waals surface area (Å²) in [6.07, 6.45) is 2.58. The fourth-order valence-electron chi connectivity index (χ4n) is 3.06. The number of rotatable bonds is 7. The maximum Gasteiger partial charge on any atom is 0.00902 e. The Balaban J connectivity index is 2.55. The van der Waals surface area contributed by atoms with E-state index in [1.165, 1.54) is 39.0 Å². The predicted octanol–water partition coefficient (Wildman–Crippen LogP) is 2.99. The van der Waals surface area contributed by atoms with Crippen LogP contribution in [0.1, 0.15) is 47.5 Å². The average Bonchev–Trinajstić information content (AvgIpc) is 2.65. The first-order chi connectivity index (χ1) is 8.08. The minimum absolute atomic E-state index is 0.778. The van der Waals surface area contributed by atoms with E-state index in [1.807, 2.05) is 0 Å². The minimum Gasteiger partial charge on any atom is -0.316 e. The Morgan fingerprint density at radius 1 is 1.18 bits per heavy atom. The van der Waals surface area contributed by atoms with Crippen molar-refractivity contribution in [2.45, 2.75) is 53.5 Å². The molecule has 0 radical (unpaired) electrons. The first kappa shape index (κ1) is 15.0. The average molecular weight is 240 g/mol. The molecule has 0 spiro atoms. The van der Waals surface area contributed by atoms with Crippen LogP contribution in [-0.4, -0.2) is 37.1 Å². The Kier molecular flexibility index (Phi) is 6.50. The lowest BCUT2D eigenvalue weighted by molar-refractivity contribution is 0.134. The van der Waals surface area contributed by atoms with Crippen molar-refractivity contribution in [3.8, 4) is 0 Å². The van der Waals surface area contributed by atoms with Crippen LogP contribution in [0.2, 0.25) is 0 Å². The zero-order valence-electron chi connectivity index (χ0n) is 12.5. The molecule has 2 atom stereocenters. The van der Waals surface area contributed by atoms with Gasteiger partial charge in [-0.05, 0) is 43.7 Å². The molecule has 1 fully saturated rings. The van der Waals surface area contributed by atoms with Crippen molar-refractivity contribution in [2.24, 2.45) is 17.8 Å². The van der Waals surface area contributed by atoms with E-state index in [-0.39, 0.29) is 0 Å². The summed E-state index contributed by atoms with van der Waals surface area (Å²) in [5, 5.41) is 3.53. The lowest BCUT2D eigenvalue weighted by Gasteiger charge is -2.34. The van der Waals surface area contributed by atoms with Crippen molar-refractivity contribution in [1.29, 1.82) is 0 Å². The molecular formula is C15H32N2. The molecule has 1 saturated heterocycles. The fourth-order valence-corrected chi connectivity index (χ4v) is 3.06. The Hall–Kier alpha value is -0.0800. The van der Waals surface area contributed by atoms with Crippen molar-refractivity contribution in [2.75, 3.05) is 26.2 Å². The van der Waals surface area contributed by atoms with Gasteiger partial charge < -0.3 is 5.32 Å². The second-order valence-electron chi connectivity index (χ2n) is 6.21. The molecule has 17 heavy (non-hydrogen) atoms. The number of nitrogens with zero attached hydrogens (tertiary/aromatic N) is 1. The summed E-state index contributed by atoms with van der Waals surface area (Å²) >= 11 is 0. The Morgan fingerprint density at radius 2 is 1.82 bits per heavy atom. The molecule has 0 aromatic heterocycles. The third-order valence-corrected chi connectivity index (χ3v) is 4.21. The van der Waals surface area contributed by atoms with Crippen LogP contribution < -0.4 is 5.32 Å². The number of hydrogen-bond acceptors (Lipinski definition) is 2. The van der Waals surface area contributed by atoms with Crippen molar-refractivity contribution in [3.05, 3.63) is 0 Å². The van der Waals surface area contributed by atoms with Crippen molar-refractivity contribution in [1.82, 2.24) is 10.2 Å². The molecule has 0 amide bonds. The van der Waals surface area contributed by atoms with E-state index < -0.39 is 0 Å². The highest BCUT2D eigenvalue weighted by Crippen LogP contribution is 2.21. The van der Waals surface area contributed by atoms with Gasteiger partial charge in [0, 0.05) is 19.1 Å². The minimum atomic E-state index is 0.778. The van der Waals surface area contributed by atoms with Crippen molar-refractivity contribution in [3.63, 3.8) is 0 Å². The third-order valence-electron chi connectivity index (χ3n) is 4.21. The molecule has 1 N–H and O–H groups in total. The van der Waals surface area contributed by atoms with Gasteiger partial charge in [-0.15, -0.1) is 0 Å². The maximum absolute atomic E-state index is 3.53. The summed E-state index contributed by atoms with van der Waals surface area (Å²) in [6, 6.07) is 0.783. The Labute approximate surface area is 108 Å². The lowest BCUT2D eigenvalue weighted by Crippen LogP contribution is -2.41. The molecule has 1 aliphatic rings. The van der Waals surface area contributed by atoms with Crippen LogP contribution in [0.25, 0.3) is 0 Å². The second-order valence-corrected chi connectivity index (χ2v) is 6.21. The molecule has 0 bridgehead atoms. The van der Waals surface area contributed by atoms with Gasteiger partial charge in [0.15, 0.2) is 0 Å². The Bertz CT molecular complexity index is 199. The monoisotopic (exact) mass is 240 g/mol. The smallest absolute Gasteiger partial charge is 0.00902 e. The highest BCUT2D eigenvalue weighted by atomic mass is 15.2. The highest BCUT2D eigenvalue weighted by Gasteiger charge is 2.27. The van der Waals surface area contributed by atoms with Gasteiger partial charge in [-0.1, -0.05) is 34.6 Å². The van der Waals surface area contributed by atoms with Gasteiger partial charge in [-0.2, -0.15) is 0 Å². The SMILES string of the molecule is CCC(CC)N(CC(C)C)C[C@@H]1CNC[C@H]1C. The van der Waals surface area contributed by atoms with Crippen molar-refractivity contribution < 1.29 is 0 Å². The van der Waals surface area contributed by atoms with E-state index in [0.717, 1.165) is 23.8 Å². The van der Waals surface area contributed by atoms with Crippen LogP contribution in [0.3, 0.4) is 0 Å². The van der Waals surface area contributed by atoms with Crippen molar-refractivity contribution >= 4 is 0 Å². The van der Waals surface area contributed by atoms with E-state index in [9.17, 15) is 0 Å². The summed E-state index contributed by atoms with van der Waals surface area (Å²) in [6.45, 7) is 16.7. The first-order valence-corrected chi connectivity index (χ1v) is 7.53. The zero-order valence-corrected chi connectivity index (χ0v) is 12.5. The molecule has 1 aliphatic heterocycles. The van der Waals surface area contributed by atoms with E-state index in [4.69, 9.17) is 0 Å². The molecule has 0 aliphatic carbocycles. The van der Waals surface area contributed by atoms with Gasteiger partial charge in [0.1, 0.15) is 0 Å². The molecule has 0 saturated carbocycles. The normalized spacial score (nSPS) is 25.4. The summed E-state index contributed by atoms with van der Waals surface area (Å²) in [4.78, 5) is 2.75. The molecule has 0 aromatic rings. The highest BCUT2D eigenvalue weighted by molar-refractivity contribution is 4.83. The summed E-state index contributed by atoms with van der Waals surface area (Å²) in [5.41, 5.74) is 0. The summed E-state index contributed by atoms with van der Waals surface area (Å²) in [5.74, 6) is 2.48. The lowest BCUT2D eigenvalue weighted by atomic mass is 9.95. The molecular weight excluding hydrogens is 208 g/mol. The first-order valence-electron chi connectivity index (χ1n) is 7.53. The van der Waals surface area contributed by atoms with E-state index >= 15 is 0 Å². The quantitative estimate of drug-likeness (QED) is 0.736. The molecule has 2 heteroatoms. The standard InChI is InChI=1S/C15H32N2/c1-6-15(7-2)17(10-12(3)4)11-14-9-16-8-13(14)5/h12-16H,6-11H2,1-5H3/t13-,14+/m1/s1. The number of nitrogens with one attached hydrogen (secondary N) is 1. The molecule has 102 valence electrons. The van der Waals surface area contributed by atoms with Gasteiger partial charge in [0.05, 0.1) is 0 Å². The molecule has 2 nitrogen and oxygen atoms in total. The largest absolute Gasteiger partial charge is 0.316 e. The van der Waals surface area contributed by atoms with Crippen LogP contribution in [-0.2, 0) is 0 Å². The van der Waals surface area contributed by atoms with Crippen LogP contribution in [0.4, 0.5) is 0 Å². The van der Waals surface area contributed by atoms with Gasteiger partial charge in [0.25, 0.3) is 0 Å². The van der Waals surface area contributed by atoms with Gasteiger partial charge in [-0.3, -0.25) is 4.90 Å². The molecule has 1 heterocycles. The summed E-state index contributed by atoms with van der Waals surface area (Å²) in [7, 11) is 0. The molecule has 0 aromatic carbocycles. The van der Waals surface area contributed by atoms with Crippen LogP contribution in [0.5, 0.6) is 0 Å². The van der Waals surface area contributed by atoms with Crippen LogP contribution >= 0.6 is 0 Å². The van der Waals surface area contributed by atoms with Gasteiger partial charge in [0.2, 0.25) is 0 Å². The van der Waals surface area contributed by atoms with E-state index in [1.54, 1.807) is 0 Å². The summed E-state index contributed by atoms with van der Waals surface area (Å²) < 4.78 is 0. The topological polar surface area (TPSA) is 15.3 Å². The van der Waals surface area contributed by atoms with Gasteiger partial charge >= 0.3 is 0 Å². The maximum atomic E-state index is 3.53. The molecule has 0 unspecified atom stereocenters. The van der Waals surface area contributed by atoms with Gasteiger partial charge in [-0.25, -0.2) is 0 Å². The third kappa shape index (κ3) is 4.59. The second kappa shape index (κ2) is 7.38. The van der Waals surface area contributed by atoms with Crippen LogP contribution in [0, 0.1) is 17.8 Å². The number of hydrogen-bond donors (Lipinski definition) is 1. The fraction of sp³-hybridized carbons (Fsp3) is 1.00. The van der Waals surface area contributed by atoms with E-state index in [0.29, 0.717) is 0 Å². The zero-order chi connectivity index (χ0) is 12.8. The Morgan fingerprint density at radius 3 is 2.24 bits per heavy atom.